The Hall–Kier alpha value is -2.03. The number of carbonyl (C=O) groups is 1. The summed E-state index contributed by atoms with van der Waals surface area (Å²) in [5.41, 5.74) is -1.22. The molecule has 5 aliphatic rings. The van der Waals surface area contributed by atoms with Gasteiger partial charge in [0.25, 0.3) is 0 Å². The summed E-state index contributed by atoms with van der Waals surface area (Å²) < 4.78 is 29.4. The zero-order chi connectivity index (χ0) is 23.7. The van der Waals surface area contributed by atoms with Gasteiger partial charge in [-0.3, -0.25) is 9.78 Å². The lowest BCUT2D eigenvalue weighted by Gasteiger charge is -2.58. The molecule has 5 fully saturated rings. The molecule has 1 aromatic carbocycles. The van der Waals surface area contributed by atoms with Gasteiger partial charge in [0, 0.05) is 24.2 Å². The zero-order valence-corrected chi connectivity index (χ0v) is 20.4. The second kappa shape index (κ2) is 7.73. The minimum Gasteiger partial charge on any atom is -0.390 e. The molecular formula is C26H33N3O4S. The van der Waals surface area contributed by atoms with Crippen molar-refractivity contribution in [3.63, 3.8) is 0 Å². The Morgan fingerprint density at radius 1 is 1.18 bits per heavy atom. The molecule has 1 amide bonds. The lowest BCUT2D eigenvalue weighted by atomic mass is 9.52. The van der Waals surface area contributed by atoms with Crippen LogP contribution in [0.2, 0.25) is 0 Å². The summed E-state index contributed by atoms with van der Waals surface area (Å²) in [6.07, 6.45) is 7.67. The molecule has 3 atom stereocenters. The summed E-state index contributed by atoms with van der Waals surface area (Å²) in [6.45, 7) is 2.24. The Balaban J connectivity index is 1.32. The van der Waals surface area contributed by atoms with Crippen molar-refractivity contribution in [2.24, 2.45) is 17.8 Å². The highest BCUT2D eigenvalue weighted by molar-refractivity contribution is 7.89. The van der Waals surface area contributed by atoms with Crippen molar-refractivity contribution < 1.29 is 18.3 Å². The van der Waals surface area contributed by atoms with Crippen LogP contribution in [0.1, 0.15) is 58.3 Å². The number of hydrogen-bond acceptors (Lipinski definition) is 5. The largest absolute Gasteiger partial charge is 0.390 e. The molecule has 4 aliphatic carbocycles. The molecular weight excluding hydrogens is 450 g/mol. The van der Waals surface area contributed by atoms with Crippen LogP contribution in [0.3, 0.4) is 0 Å². The van der Waals surface area contributed by atoms with E-state index in [-0.39, 0.29) is 28.7 Å². The Kier molecular flexibility index (Phi) is 5.10. The van der Waals surface area contributed by atoms with Crippen molar-refractivity contribution in [2.45, 2.75) is 80.4 Å². The number of nitrogens with one attached hydrogen (secondary N) is 1. The number of rotatable bonds is 5. The van der Waals surface area contributed by atoms with Gasteiger partial charge in [-0.25, -0.2) is 8.42 Å². The Labute approximate surface area is 201 Å². The van der Waals surface area contributed by atoms with Crippen LogP contribution in [0.25, 0.3) is 10.9 Å². The molecule has 1 aliphatic heterocycles. The lowest BCUT2D eigenvalue weighted by Crippen LogP contribution is -2.65. The average Bonchev–Trinajstić information content (AvgIpc) is 3.26. The Bertz CT molecular complexity index is 1230. The summed E-state index contributed by atoms with van der Waals surface area (Å²) in [7, 11) is -3.93. The van der Waals surface area contributed by atoms with E-state index in [9.17, 15) is 18.3 Å². The standard InChI is InChI=1S/C26H33N3O4S/c1-2-26(24(30)28-22-19-12-17-13-20(22)16-25(31,14-17)15-19)9-5-11-29(26)34(32,33)21-8-3-6-18-7-4-10-27-23(18)21/h3-4,6-8,10,17,19-20,22,31H,2,5,9,11-16H2,1H3,(H,28,30)/t17?,19?,20?,22?,25?,26-/m1/s1. The van der Waals surface area contributed by atoms with E-state index in [1.807, 2.05) is 19.1 Å². The van der Waals surface area contributed by atoms with Crippen molar-refractivity contribution in [1.29, 1.82) is 0 Å². The number of para-hydroxylation sites is 1. The van der Waals surface area contributed by atoms with E-state index in [4.69, 9.17) is 0 Å². The van der Waals surface area contributed by atoms with Gasteiger partial charge in [-0.1, -0.05) is 25.1 Å². The molecule has 0 radical (unpaired) electrons. The van der Waals surface area contributed by atoms with Gasteiger partial charge in [0.05, 0.1) is 11.1 Å². The molecule has 7 nitrogen and oxygen atoms in total. The lowest BCUT2D eigenvalue weighted by molar-refractivity contribution is -0.150. The highest BCUT2D eigenvalue weighted by Crippen LogP contribution is 2.56. The first-order chi connectivity index (χ1) is 16.3. The number of carbonyl (C=O) groups excluding carboxylic acids is 1. The molecule has 4 bridgehead atoms. The number of fused-ring (bicyclic) bond motifs is 1. The van der Waals surface area contributed by atoms with E-state index in [1.54, 1.807) is 24.4 Å². The minimum absolute atomic E-state index is 0.0251. The maximum atomic E-state index is 14.0. The Morgan fingerprint density at radius 3 is 2.62 bits per heavy atom. The first kappa shape index (κ1) is 22.4. The van der Waals surface area contributed by atoms with Crippen LogP contribution in [0, 0.1) is 17.8 Å². The molecule has 34 heavy (non-hydrogen) atoms. The molecule has 0 spiro atoms. The highest BCUT2D eigenvalue weighted by Gasteiger charge is 2.57. The van der Waals surface area contributed by atoms with Crippen LogP contribution in [0.4, 0.5) is 0 Å². The van der Waals surface area contributed by atoms with Gasteiger partial charge in [-0.2, -0.15) is 4.31 Å². The molecule has 2 N–H and O–H groups in total. The number of nitrogens with zero attached hydrogens (tertiary/aromatic N) is 2. The Morgan fingerprint density at radius 2 is 1.91 bits per heavy atom. The van der Waals surface area contributed by atoms with Crippen LogP contribution in [-0.2, 0) is 14.8 Å². The van der Waals surface area contributed by atoms with E-state index in [0.29, 0.717) is 37.2 Å². The first-order valence-corrected chi connectivity index (χ1v) is 14.1. The molecule has 1 saturated heterocycles. The molecule has 8 heteroatoms. The fraction of sp³-hybridized carbons (Fsp3) is 0.615. The quantitative estimate of drug-likeness (QED) is 0.680. The fourth-order valence-electron chi connectivity index (χ4n) is 7.85. The van der Waals surface area contributed by atoms with E-state index >= 15 is 0 Å². The molecule has 182 valence electrons. The number of hydrogen-bond donors (Lipinski definition) is 2. The van der Waals surface area contributed by atoms with Crippen LogP contribution in [0.5, 0.6) is 0 Å². The first-order valence-electron chi connectivity index (χ1n) is 12.7. The maximum absolute atomic E-state index is 14.0. The monoisotopic (exact) mass is 483 g/mol. The summed E-state index contributed by atoms with van der Waals surface area (Å²) in [5, 5.41) is 15.0. The molecule has 2 unspecified atom stereocenters. The van der Waals surface area contributed by atoms with Crippen LogP contribution >= 0.6 is 0 Å². The van der Waals surface area contributed by atoms with Gasteiger partial charge >= 0.3 is 0 Å². The van der Waals surface area contributed by atoms with Crippen LogP contribution < -0.4 is 5.32 Å². The summed E-state index contributed by atoms with van der Waals surface area (Å²) >= 11 is 0. The van der Waals surface area contributed by atoms with E-state index in [0.717, 1.165) is 37.5 Å². The predicted molar refractivity (Wildman–Crippen MR) is 128 cm³/mol. The molecule has 1 aromatic heterocycles. The van der Waals surface area contributed by atoms with Gasteiger partial charge in [-0.15, -0.1) is 0 Å². The number of benzene rings is 1. The van der Waals surface area contributed by atoms with E-state index < -0.39 is 21.2 Å². The topological polar surface area (TPSA) is 99.6 Å². The predicted octanol–water partition coefficient (Wildman–Crippen LogP) is 3.22. The molecule has 2 aromatic rings. The molecule has 2 heterocycles. The molecule has 4 saturated carbocycles. The third kappa shape index (κ3) is 3.25. The second-order valence-electron chi connectivity index (χ2n) is 11.1. The fourth-order valence-corrected chi connectivity index (χ4v) is 9.89. The number of aliphatic hydroxyl groups is 1. The molecule has 7 rings (SSSR count). The van der Waals surface area contributed by atoms with E-state index in [1.165, 1.54) is 4.31 Å². The van der Waals surface area contributed by atoms with Crippen LogP contribution in [0.15, 0.2) is 41.4 Å². The maximum Gasteiger partial charge on any atom is 0.246 e. The third-order valence-electron chi connectivity index (χ3n) is 9.14. The highest BCUT2D eigenvalue weighted by atomic mass is 32.2. The average molecular weight is 484 g/mol. The normalized spacial score (nSPS) is 37.4. The second-order valence-corrected chi connectivity index (χ2v) is 12.9. The van der Waals surface area contributed by atoms with Gasteiger partial charge in [0.15, 0.2) is 0 Å². The third-order valence-corrected chi connectivity index (χ3v) is 11.1. The zero-order valence-electron chi connectivity index (χ0n) is 19.6. The van der Waals surface area contributed by atoms with Gasteiger partial charge < -0.3 is 10.4 Å². The summed E-state index contributed by atoms with van der Waals surface area (Å²) in [4.78, 5) is 18.4. The van der Waals surface area contributed by atoms with Gasteiger partial charge in [-0.05, 0) is 81.3 Å². The number of amides is 1. The van der Waals surface area contributed by atoms with Gasteiger partial charge in [0.1, 0.15) is 10.4 Å². The summed E-state index contributed by atoms with van der Waals surface area (Å²) in [6, 6.07) is 8.85. The van der Waals surface area contributed by atoms with Crippen molar-refractivity contribution in [1.82, 2.24) is 14.6 Å². The number of sulfonamides is 1. The number of aromatic nitrogens is 1. The van der Waals surface area contributed by atoms with Crippen molar-refractivity contribution in [3.8, 4) is 0 Å². The van der Waals surface area contributed by atoms with Crippen molar-refractivity contribution >= 4 is 26.8 Å². The SMILES string of the molecule is CC[C@]1(C(=O)NC2C3CC4CC2CC(O)(C4)C3)CCCN1S(=O)(=O)c1cccc2cccnc12. The van der Waals surface area contributed by atoms with E-state index in [2.05, 4.69) is 10.3 Å². The van der Waals surface area contributed by atoms with Crippen LogP contribution in [-0.4, -0.2) is 52.4 Å². The van der Waals surface area contributed by atoms with Crippen molar-refractivity contribution in [3.05, 3.63) is 36.5 Å². The van der Waals surface area contributed by atoms with Gasteiger partial charge in [0.2, 0.25) is 15.9 Å². The smallest absolute Gasteiger partial charge is 0.246 e. The van der Waals surface area contributed by atoms with Crippen molar-refractivity contribution in [2.75, 3.05) is 6.54 Å². The minimum atomic E-state index is -3.93. The number of pyridine rings is 1. The summed E-state index contributed by atoms with van der Waals surface area (Å²) in [5.74, 6) is 0.942.